The zero-order valence-electron chi connectivity index (χ0n) is 14.3. The molecule has 0 saturated carbocycles. The molecule has 2 aromatic carbocycles. The summed E-state index contributed by atoms with van der Waals surface area (Å²) in [7, 11) is 0. The van der Waals surface area contributed by atoms with Crippen LogP contribution in [0.1, 0.15) is 39.2 Å². The van der Waals surface area contributed by atoms with Crippen LogP contribution in [0.3, 0.4) is 0 Å². The van der Waals surface area contributed by atoms with E-state index in [1.807, 2.05) is 26.8 Å². The van der Waals surface area contributed by atoms with E-state index in [0.717, 1.165) is 19.3 Å². The van der Waals surface area contributed by atoms with Crippen molar-refractivity contribution in [2.24, 2.45) is 5.41 Å². The summed E-state index contributed by atoms with van der Waals surface area (Å²) in [5.41, 5.74) is 3.38. The third kappa shape index (κ3) is 4.95. The molecule has 2 nitrogen and oxygen atoms in total. The van der Waals surface area contributed by atoms with Gasteiger partial charge in [-0.05, 0) is 56.7 Å². The van der Waals surface area contributed by atoms with Gasteiger partial charge in [-0.3, -0.25) is 4.79 Å². The van der Waals surface area contributed by atoms with Gasteiger partial charge in [-0.15, -0.1) is 0 Å². The molecule has 2 aromatic rings. The summed E-state index contributed by atoms with van der Waals surface area (Å²) >= 11 is 0. The monoisotopic (exact) mass is 310 g/mol. The fourth-order valence-electron chi connectivity index (χ4n) is 2.66. The van der Waals surface area contributed by atoms with Gasteiger partial charge in [0.2, 0.25) is 0 Å². The lowest BCUT2D eigenvalue weighted by atomic mass is 9.86. The molecule has 0 aromatic heterocycles. The molecule has 0 aliphatic rings. The summed E-state index contributed by atoms with van der Waals surface area (Å²) in [6.07, 6.45) is 2.81. The standard InChI is InChI=1S/C21H26O2/c1-4-23-20(22)21(2,3)16-8-9-17-12-14-19(15-13-17)18-10-6-5-7-11-18/h5-7,10-15H,4,8-9,16H2,1-3H3. The zero-order chi connectivity index (χ0) is 16.7. The van der Waals surface area contributed by atoms with E-state index in [9.17, 15) is 4.79 Å². The molecule has 2 heteroatoms. The van der Waals surface area contributed by atoms with Gasteiger partial charge in [-0.2, -0.15) is 0 Å². The third-order valence-electron chi connectivity index (χ3n) is 4.16. The maximum atomic E-state index is 11.9. The Balaban J connectivity index is 1.88. The molecule has 0 radical (unpaired) electrons. The average molecular weight is 310 g/mol. The van der Waals surface area contributed by atoms with Crippen LogP contribution in [0, 0.1) is 5.41 Å². The van der Waals surface area contributed by atoms with Gasteiger partial charge in [-0.1, -0.05) is 54.6 Å². The van der Waals surface area contributed by atoms with Crippen molar-refractivity contribution < 1.29 is 9.53 Å². The second-order valence-electron chi connectivity index (χ2n) is 6.52. The summed E-state index contributed by atoms with van der Waals surface area (Å²) in [4.78, 5) is 11.9. The van der Waals surface area contributed by atoms with Gasteiger partial charge < -0.3 is 4.74 Å². The normalized spacial score (nSPS) is 11.3. The molecular formula is C21H26O2. The summed E-state index contributed by atoms with van der Waals surface area (Å²) in [5, 5.41) is 0. The van der Waals surface area contributed by atoms with Crippen molar-refractivity contribution in [3.05, 3.63) is 60.2 Å². The van der Waals surface area contributed by atoms with Crippen molar-refractivity contribution in [2.75, 3.05) is 6.61 Å². The van der Waals surface area contributed by atoms with Crippen LogP contribution in [0.2, 0.25) is 0 Å². The van der Waals surface area contributed by atoms with Crippen molar-refractivity contribution in [1.82, 2.24) is 0 Å². The van der Waals surface area contributed by atoms with Gasteiger partial charge in [-0.25, -0.2) is 0 Å². The number of hydrogen-bond donors (Lipinski definition) is 0. The van der Waals surface area contributed by atoms with Crippen LogP contribution in [0.4, 0.5) is 0 Å². The Labute approximate surface area is 139 Å². The van der Waals surface area contributed by atoms with Crippen LogP contribution < -0.4 is 0 Å². The number of carbonyl (C=O) groups is 1. The van der Waals surface area contributed by atoms with Crippen molar-refractivity contribution in [1.29, 1.82) is 0 Å². The second kappa shape index (κ2) is 7.96. The maximum Gasteiger partial charge on any atom is 0.311 e. The first kappa shape index (κ1) is 17.3. The number of aryl methyl sites for hydroxylation is 1. The first-order chi connectivity index (χ1) is 11.0. The van der Waals surface area contributed by atoms with Gasteiger partial charge in [0.05, 0.1) is 12.0 Å². The molecule has 0 spiro atoms. The second-order valence-corrected chi connectivity index (χ2v) is 6.52. The minimum absolute atomic E-state index is 0.0978. The van der Waals surface area contributed by atoms with Crippen molar-refractivity contribution in [3.63, 3.8) is 0 Å². The van der Waals surface area contributed by atoms with Gasteiger partial charge in [0.1, 0.15) is 0 Å². The van der Waals surface area contributed by atoms with Gasteiger partial charge in [0.15, 0.2) is 0 Å². The Morgan fingerprint density at radius 3 is 2.17 bits per heavy atom. The molecular weight excluding hydrogens is 284 g/mol. The van der Waals surface area contributed by atoms with Crippen molar-refractivity contribution in [2.45, 2.75) is 40.0 Å². The number of hydrogen-bond acceptors (Lipinski definition) is 2. The number of rotatable bonds is 7. The molecule has 0 bridgehead atoms. The molecule has 0 saturated heterocycles. The molecule has 2 rings (SSSR count). The van der Waals surface area contributed by atoms with E-state index < -0.39 is 5.41 Å². The fraction of sp³-hybridized carbons (Fsp3) is 0.381. The first-order valence-electron chi connectivity index (χ1n) is 8.34. The predicted octanol–water partition coefficient (Wildman–Crippen LogP) is 5.27. The Hall–Kier alpha value is -2.09. The van der Waals surface area contributed by atoms with E-state index in [4.69, 9.17) is 4.74 Å². The summed E-state index contributed by atoms with van der Waals surface area (Å²) in [6.45, 7) is 6.22. The molecule has 0 aliphatic carbocycles. The number of carbonyl (C=O) groups excluding carboxylic acids is 1. The van der Waals surface area contributed by atoms with E-state index in [0.29, 0.717) is 6.61 Å². The van der Waals surface area contributed by atoms with Crippen LogP contribution in [0.25, 0.3) is 11.1 Å². The van der Waals surface area contributed by atoms with Gasteiger partial charge in [0, 0.05) is 0 Å². The highest BCUT2D eigenvalue weighted by Gasteiger charge is 2.28. The number of ether oxygens (including phenoxy) is 1. The first-order valence-corrected chi connectivity index (χ1v) is 8.34. The van der Waals surface area contributed by atoms with Crippen LogP contribution in [0.5, 0.6) is 0 Å². The highest BCUT2D eigenvalue weighted by atomic mass is 16.5. The Morgan fingerprint density at radius 2 is 1.57 bits per heavy atom. The molecule has 0 N–H and O–H groups in total. The molecule has 0 atom stereocenters. The average Bonchev–Trinajstić information content (AvgIpc) is 2.56. The van der Waals surface area contributed by atoms with E-state index in [1.165, 1.54) is 16.7 Å². The van der Waals surface area contributed by atoms with Crippen LogP contribution in [-0.4, -0.2) is 12.6 Å². The molecule has 0 heterocycles. The van der Waals surface area contributed by atoms with Crippen LogP contribution in [0.15, 0.2) is 54.6 Å². The Bertz CT molecular complexity index is 612. The zero-order valence-corrected chi connectivity index (χ0v) is 14.3. The SMILES string of the molecule is CCOC(=O)C(C)(C)CCCc1ccc(-c2ccccc2)cc1. The summed E-state index contributed by atoms with van der Waals surface area (Å²) < 4.78 is 5.14. The van der Waals surface area contributed by atoms with E-state index in [-0.39, 0.29) is 5.97 Å². The number of esters is 1. The molecule has 23 heavy (non-hydrogen) atoms. The number of benzene rings is 2. The lowest BCUT2D eigenvalue weighted by Gasteiger charge is -2.22. The van der Waals surface area contributed by atoms with E-state index in [2.05, 4.69) is 48.5 Å². The third-order valence-corrected chi connectivity index (χ3v) is 4.16. The molecule has 0 fully saturated rings. The topological polar surface area (TPSA) is 26.3 Å². The lowest BCUT2D eigenvalue weighted by molar-refractivity contribution is -0.153. The molecule has 0 aliphatic heterocycles. The summed E-state index contributed by atoms with van der Waals surface area (Å²) in [6, 6.07) is 19.1. The quantitative estimate of drug-likeness (QED) is 0.652. The van der Waals surface area contributed by atoms with Crippen molar-refractivity contribution >= 4 is 5.97 Å². The molecule has 0 amide bonds. The molecule has 122 valence electrons. The van der Waals surface area contributed by atoms with Gasteiger partial charge >= 0.3 is 5.97 Å². The minimum atomic E-state index is -0.403. The molecule has 0 unspecified atom stereocenters. The van der Waals surface area contributed by atoms with Crippen LogP contribution in [-0.2, 0) is 16.0 Å². The largest absolute Gasteiger partial charge is 0.466 e. The van der Waals surface area contributed by atoms with E-state index >= 15 is 0 Å². The Kier molecular flexibility index (Phi) is 5.97. The minimum Gasteiger partial charge on any atom is -0.466 e. The highest BCUT2D eigenvalue weighted by molar-refractivity contribution is 5.75. The smallest absolute Gasteiger partial charge is 0.311 e. The van der Waals surface area contributed by atoms with Gasteiger partial charge in [0.25, 0.3) is 0 Å². The lowest BCUT2D eigenvalue weighted by Crippen LogP contribution is -2.26. The summed E-state index contributed by atoms with van der Waals surface area (Å²) in [5.74, 6) is -0.0978. The van der Waals surface area contributed by atoms with Crippen molar-refractivity contribution in [3.8, 4) is 11.1 Å². The Morgan fingerprint density at radius 1 is 0.957 bits per heavy atom. The van der Waals surface area contributed by atoms with E-state index in [1.54, 1.807) is 0 Å². The predicted molar refractivity (Wildman–Crippen MR) is 95.2 cm³/mol. The maximum absolute atomic E-state index is 11.9. The van der Waals surface area contributed by atoms with Crippen LogP contribution >= 0.6 is 0 Å². The highest BCUT2D eigenvalue weighted by Crippen LogP contribution is 2.26. The fourth-order valence-corrected chi connectivity index (χ4v) is 2.66.